The van der Waals surface area contributed by atoms with Crippen molar-refractivity contribution in [1.29, 1.82) is 0 Å². The van der Waals surface area contributed by atoms with Crippen LogP contribution in [0.5, 0.6) is 0 Å². The predicted molar refractivity (Wildman–Crippen MR) is 62.6 cm³/mol. The highest BCUT2D eigenvalue weighted by molar-refractivity contribution is 5.88. The number of carboxylic acids is 1. The quantitative estimate of drug-likeness (QED) is 0.575. The first-order valence-corrected chi connectivity index (χ1v) is 5.51. The number of aliphatic carboxylic acids is 1. The van der Waals surface area contributed by atoms with Crippen molar-refractivity contribution < 1.29 is 19.5 Å². The van der Waals surface area contributed by atoms with E-state index in [0.717, 1.165) is 0 Å². The van der Waals surface area contributed by atoms with Gasteiger partial charge in [0.2, 0.25) is 5.91 Å². The first kappa shape index (κ1) is 15.6. The van der Waals surface area contributed by atoms with Gasteiger partial charge < -0.3 is 10.4 Å². The fourth-order valence-corrected chi connectivity index (χ4v) is 1.30. The van der Waals surface area contributed by atoms with Gasteiger partial charge in [0.15, 0.2) is 5.78 Å². The number of hydrogen-bond donors (Lipinski definition) is 3. The van der Waals surface area contributed by atoms with Crippen LogP contribution in [0.15, 0.2) is 0 Å². The molecule has 2 atom stereocenters. The fourth-order valence-electron chi connectivity index (χ4n) is 1.30. The molecule has 0 radical (unpaired) electrons. The van der Waals surface area contributed by atoms with Gasteiger partial charge in [0.25, 0.3) is 0 Å². The van der Waals surface area contributed by atoms with Crippen LogP contribution >= 0.6 is 0 Å². The van der Waals surface area contributed by atoms with Gasteiger partial charge >= 0.3 is 5.97 Å². The number of carbonyl (C=O) groups excluding carboxylic acids is 2. The van der Waals surface area contributed by atoms with E-state index in [9.17, 15) is 14.4 Å². The molecule has 0 aromatic carbocycles. The minimum atomic E-state index is -1.02. The van der Waals surface area contributed by atoms with Crippen LogP contribution in [0.4, 0.5) is 0 Å². The van der Waals surface area contributed by atoms with E-state index in [0.29, 0.717) is 0 Å². The van der Waals surface area contributed by atoms with E-state index >= 15 is 0 Å². The third-order valence-electron chi connectivity index (χ3n) is 2.36. The molecule has 98 valence electrons. The number of rotatable bonds is 7. The van der Waals surface area contributed by atoms with Gasteiger partial charge in [0.05, 0.1) is 12.6 Å². The molecule has 0 spiro atoms. The number of ketones is 1. The third kappa shape index (κ3) is 6.01. The first-order chi connectivity index (χ1) is 7.75. The van der Waals surface area contributed by atoms with Crippen LogP contribution in [0.25, 0.3) is 0 Å². The molecule has 3 N–H and O–H groups in total. The average molecular weight is 244 g/mol. The highest BCUT2D eigenvalue weighted by atomic mass is 16.4. The summed E-state index contributed by atoms with van der Waals surface area (Å²) < 4.78 is 0. The zero-order chi connectivity index (χ0) is 13.6. The molecule has 0 saturated carbocycles. The minimum absolute atomic E-state index is 0.00773. The Kier molecular flexibility index (Phi) is 6.42. The zero-order valence-electron chi connectivity index (χ0n) is 10.6. The summed E-state index contributed by atoms with van der Waals surface area (Å²) in [5.74, 6) is -1.51. The van der Waals surface area contributed by atoms with Gasteiger partial charge in [-0.2, -0.15) is 0 Å². The van der Waals surface area contributed by atoms with Crippen LogP contribution in [0.2, 0.25) is 0 Å². The second-order valence-corrected chi connectivity index (χ2v) is 4.34. The average Bonchev–Trinajstić information content (AvgIpc) is 2.21. The third-order valence-corrected chi connectivity index (χ3v) is 2.36. The summed E-state index contributed by atoms with van der Waals surface area (Å²) in [6.07, 6.45) is 0. The van der Waals surface area contributed by atoms with E-state index in [1.54, 1.807) is 0 Å². The van der Waals surface area contributed by atoms with Crippen molar-refractivity contribution in [3.63, 3.8) is 0 Å². The summed E-state index contributed by atoms with van der Waals surface area (Å²) in [5, 5.41) is 13.7. The second kappa shape index (κ2) is 7.01. The lowest BCUT2D eigenvalue weighted by molar-refractivity contribution is -0.139. The molecule has 0 bridgehead atoms. The Morgan fingerprint density at radius 2 is 1.71 bits per heavy atom. The van der Waals surface area contributed by atoms with Crippen LogP contribution in [0, 0.1) is 5.92 Å². The van der Waals surface area contributed by atoms with E-state index in [2.05, 4.69) is 10.6 Å². The Hall–Kier alpha value is -1.43. The van der Waals surface area contributed by atoms with Crippen LogP contribution in [-0.2, 0) is 14.4 Å². The fraction of sp³-hybridized carbons (Fsp3) is 0.727. The van der Waals surface area contributed by atoms with Crippen LogP contribution in [0.3, 0.4) is 0 Å². The normalized spacial score (nSPS) is 14.2. The molecule has 17 heavy (non-hydrogen) atoms. The van der Waals surface area contributed by atoms with E-state index in [1.807, 2.05) is 13.8 Å². The number of nitrogens with one attached hydrogen (secondary N) is 2. The Morgan fingerprint density at radius 3 is 2.06 bits per heavy atom. The van der Waals surface area contributed by atoms with Gasteiger partial charge in [-0.3, -0.25) is 19.7 Å². The summed E-state index contributed by atoms with van der Waals surface area (Å²) in [4.78, 5) is 33.2. The van der Waals surface area contributed by atoms with Gasteiger partial charge in [-0.05, 0) is 19.8 Å². The number of hydrogen-bond acceptors (Lipinski definition) is 4. The van der Waals surface area contributed by atoms with Crippen molar-refractivity contribution in [3.8, 4) is 0 Å². The van der Waals surface area contributed by atoms with Crippen LogP contribution in [-0.4, -0.2) is 41.4 Å². The molecular weight excluding hydrogens is 224 g/mol. The molecule has 0 aliphatic rings. The molecule has 0 rings (SSSR count). The van der Waals surface area contributed by atoms with Crippen molar-refractivity contribution in [2.75, 3.05) is 6.54 Å². The van der Waals surface area contributed by atoms with E-state index in [4.69, 9.17) is 5.11 Å². The molecule has 6 heteroatoms. The lowest BCUT2D eigenvalue weighted by Crippen LogP contribution is -2.48. The highest BCUT2D eigenvalue weighted by Crippen LogP contribution is 2.02. The Labute approximate surface area is 101 Å². The molecule has 0 aromatic rings. The zero-order valence-corrected chi connectivity index (χ0v) is 10.6. The van der Waals surface area contributed by atoms with Crippen molar-refractivity contribution in [2.45, 2.75) is 39.8 Å². The van der Waals surface area contributed by atoms with Gasteiger partial charge in [-0.1, -0.05) is 13.8 Å². The van der Waals surface area contributed by atoms with Crippen molar-refractivity contribution in [1.82, 2.24) is 10.6 Å². The maximum absolute atomic E-state index is 11.5. The smallest absolute Gasteiger partial charge is 0.320 e. The van der Waals surface area contributed by atoms with Gasteiger partial charge in [-0.25, -0.2) is 0 Å². The number of carbonyl (C=O) groups is 3. The molecule has 0 saturated heterocycles. The van der Waals surface area contributed by atoms with Crippen molar-refractivity contribution >= 4 is 17.7 Å². The molecule has 0 aliphatic carbocycles. The summed E-state index contributed by atoms with van der Waals surface area (Å²) in [7, 11) is 0. The summed E-state index contributed by atoms with van der Waals surface area (Å²) in [5.41, 5.74) is 0. The lowest BCUT2D eigenvalue weighted by Gasteiger charge is -2.20. The number of amides is 1. The highest BCUT2D eigenvalue weighted by Gasteiger charge is 2.21. The van der Waals surface area contributed by atoms with E-state index in [-0.39, 0.29) is 24.2 Å². The molecular formula is C11H20N2O4. The second-order valence-electron chi connectivity index (χ2n) is 4.34. The van der Waals surface area contributed by atoms with Crippen LogP contribution in [0.1, 0.15) is 27.7 Å². The number of carboxylic acid groups (broad SMARTS) is 1. The van der Waals surface area contributed by atoms with Gasteiger partial charge in [-0.15, -0.1) is 0 Å². The Balaban J connectivity index is 4.16. The molecule has 0 aliphatic heterocycles. The molecule has 6 nitrogen and oxygen atoms in total. The Morgan fingerprint density at radius 1 is 1.18 bits per heavy atom. The maximum Gasteiger partial charge on any atom is 0.320 e. The molecule has 0 heterocycles. The SMILES string of the molecule is CC(=O)C(NC(=O)CN[C@H](C)C(=O)O)C(C)C. The first-order valence-electron chi connectivity index (χ1n) is 5.51. The summed E-state index contributed by atoms with van der Waals surface area (Å²) in [6, 6.07) is -1.32. The molecule has 1 unspecified atom stereocenters. The Bertz CT molecular complexity index is 302. The molecule has 0 aromatic heterocycles. The standard InChI is InChI=1S/C11H20N2O4/c1-6(2)10(8(4)14)13-9(15)5-12-7(3)11(16)17/h6-7,10,12H,5H2,1-4H3,(H,13,15)(H,16,17)/t7-,10?/m1/s1. The topological polar surface area (TPSA) is 95.5 Å². The van der Waals surface area contributed by atoms with E-state index < -0.39 is 18.1 Å². The molecule has 0 fully saturated rings. The summed E-state index contributed by atoms with van der Waals surface area (Å²) in [6.45, 7) is 6.40. The largest absolute Gasteiger partial charge is 0.480 e. The monoisotopic (exact) mass is 244 g/mol. The van der Waals surface area contributed by atoms with Gasteiger partial charge in [0.1, 0.15) is 6.04 Å². The number of Topliss-reactive ketones (excluding diaryl/α,β-unsaturated/α-hetero) is 1. The maximum atomic E-state index is 11.5. The lowest BCUT2D eigenvalue weighted by atomic mass is 10.0. The molecule has 1 amide bonds. The van der Waals surface area contributed by atoms with Crippen molar-refractivity contribution in [3.05, 3.63) is 0 Å². The minimum Gasteiger partial charge on any atom is -0.480 e. The van der Waals surface area contributed by atoms with Crippen LogP contribution < -0.4 is 10.6 Å². The van der Waals surface area contributed by atoms with Gasteiger partial charge in [0, 0.05) is 0 Å². The van der Waals surface area contributed by atoms with Crippen molar-refractivity contribution in [2.24, 2.45) is 5.92 Å². The van der Waals surface area contributed by atoms with E-state index in [1.165, 1.54) is 13.8 Å². The predicted octanol–water partition coefficient (Wildman–Crippen LogP) is -0.221. The summed E-state index contributed by atoms with van der Waals surface area (Å²) >= 11 is 0.